The van der Waals surface area contributed by atoms with E-state index in [-0.39, 0.29) is 22.6 Å². The predicted octanol–water partition coefficient (Wildman–Crippen LogP) is 3.83. The zero-order chi connectivity index (χ0) is 15.6. The van der Waals surface area contributed by atoms with Crippen LogP contribution in [0.4, 0.5) is 0 Å². The zero-order valence-electron chi connectivity index (χ0n) is 11.9. The van der Waals surface area contributed by atoms with Crippen molar-refractivity contribution in [3.8, 4) is 5.75 Å². The van der Waals surface area contributed by atoms with Crippen molar-refractivity contribution in [1.82, 2.24) is 9.97 Å². The molecule has 1 aromatic carbocycles. The van der Waals surface area contributed by atoms with Crippen molar-refractivity contribution in [1.29, 1.82) is 0 Å². The standard InChI is InChI=1S/C15H14Cl2N2O2/c1-8-4-10(5-9(2)13(8)21-3)12(20)6-11-7-18-15(17)19-14(11)16/h4-5,7H,6H2,1-3H3. The number of hydrogen-bond acceptors (Lipinski definition) is 4. The van der Waals surface area contributed by atoms with Gasteiger partial charge >= 0.3 is 0 Å². The summed E-state index contributed by atoms with van der Waals surface area (Å²) in [6, 6.07) is 3.61. The van der Waals surface area contributed by atoms with Crippen LogP contribution in [0.2, 0.25) is 10.4 Å². The molecule has 21 heavy (non-hydrogen) atoms. The third kappa shape index (κ3) is 3.52. The van der Waals surface area contributed by atoms with Crippen LogP contribution in [0.1, 0.15) is 27.0 Å². The number of ether oxygens (including phenoxy) is 1. The van der Waals surface area contributed by atoms with Crippen LogP contribution in [0.3, 0.4) is 0 Å². The van der Waals surface area contributed by atoms with Gasteiger partial charge in [0.05, 0.1) is 7.11 Å². The van der Waals surface area contributed by atoms with Gasteiger partial charge in [0.15, 0.2) is 5.78 Å². The molecule has 0 saturated heterocycles. The van der Waals surface area contributed by atoms with Gasteiger partial charge in [-0.05, 0) is 48.7 Å². The van der Waals surface area contributed by atoms with Gasteiger partial charge in [-0.2, -0.15) is 0 Å². The highest BCUT2D eigenvalue weighted by Gasteiger charge is 2.14. The molecule has 1 heterocycles. The van der Waals surface area contributed by atoms with Crippen molar-refractivity contribution in [3.63, 3.8) is 0 Å². The predicted molar refractivity (Wildman–Crippen MR) is 82.6 cm³/mol. The van der Waals surface area contributed by atoms with Gasteiger partial charge in [0.1, 0.15) is 10.9 Å². The maximum atomic E-state index is 12.4. The Kier molecular flexibility index (Phi) is 4.80. The minimum atomic E-state index is -0.0586. The molecule has 2 rings (SSSR count). The molecule has 110 valence electrons. The highest BCUT2D eigenvalue weighted by Crippen LogP contribution is 2.25. The molecule has 6 heteroatoms. The van der Waals surface area contributed by atoms with Crippen LogP contribution in [0, 0.1) is 13.8 Å². The van der Waals surface area contributed by atoms with E-state index in [9.17, 15) is 4.79 Å². The van der Waals surface area contributed by atoms with Crippen LogP contribution in [-0.4, -0.2) is 22.9 Å². The van der Waals surface area contributed by atoms with Crippen molar-refractivity contribution in [2.24, 2.45) is 0 Å². The summed E-state index contributed by atoms with van der Waals surface area (Å²) < 4.78 is 5.29. The summed E-state index contributed by atoms with van der Waals surface area (Å²) >= 11 is 11.6. The van der Waals surface area contributed by atoms with Gasteiger partial charge in [-0.1, -0.05) is 11.6 Å². The molecule has 0 atom stereocenters. The second-order valence-electron chi connectivity index (χ2n) is 4.70. The van der Waals surface area contributed by atoms with Crippen LogP contribution in [-0.2, 0) is 6.42 Å². The quantitative estimate of drug-likeness (QED) is 0.487. The van der Waals surface area contributed by atoms with Gasteiger partial charge in [0.25, 0.3) is 0 Å². The minimum Gasteiger partial charge on any atom is -0.496 e. The first-order chi connectivity index (χ1) is 9.92. The molecule has 0 saturated carbocycles. The highest BCUT2D eigenvalue weighted by molar-refractivity contribution is 6.32. The molecule has 1 aromatic heterocycles. The van der Waals surface area contributed by atoms with E-state index in [1.165, 1.54) is 6.20 Å². The van der Waals surface area contributed by atoms with Gasteiger partial charge in [0.2, 0.25) is 5.28 Å². The Balaban J connectivity index is 2.28. The van der Waals surface area contributed by atoms with Gasteiger partial charge in [-0.15, -0.1) is 0 Å². The summed E-state index contributed by atoms with van der Waals surface area (Å²) in [5.41, 5.74) is 2.99. The number of hydrogen-bond donors (Lipinski definition) is 0. The van der Waals surface area contributed by atoms with E-state index in [1.807, 2.05) is 13.8 Å². The number of ketones is 1. The fourth-order valence-electron chi connectivity index (χ4n) is 2.19. The van der Waals surface area contributed by atoms with Gasteiger partial charge in [-0.25, -0.2) is 9.97 Å². The molecule has 0 aliphatic heterocycles. The summed E-state index contributed by atoms with van der Waals surface area (Å²) in [6.45, 7) is 3.81. The number of aryl methyl sites for hydroxylation is 2. The molecule has 0 aliphatic rings. The number of nitrogens with zero attached hydrogens (tertiary/aromatic N) is 2. The monoisotopic (exact) mass is 324 g/mol. The van der Waals surface area contributed by atoms with Crippen molar-refractivity contribution in [2.75, 3.05) is 7.11 Å². The molecule has 0 spiro atoms. The van der Waals surface area contributed by atoms with Crippen molar-refractivity contribution < 1.29 is 9.53 Å². The Hall–Kier alpha value is -1.65. The zero-order valence-corrected chi connectivity index (χ0v) is 13.4. The fraction of sp³-hybridized carbons (Fsp3) is 0.267. The van der Waals surface area contributed by atoms with Gasteiger partial charge < -0.3 is 4.74 Å². The number of carbonyl (C=O) groups is 1. The molecule has 4 nitrogen and oxygen atoms in total. The third-order valence-electron chi connectivity index (χ3n) is 3.12. The molecule has 0 amide bonds. The number of halogens is 2. The number of rotatable bonds is 4. The number of Topliss-reactive ketones (excluding diaryl/α,β-unsaturated/α-hetero) is 1. The number of methoxy groups -OCH3 is 1. The number of benzene rings is 1. The van der Waals surface area contributed by atoms with Gasteiger partial charge in [0, 0.05) is 23.7 Å². The lowest BCUT2D eigenvalue weighted by molar-refractivity contribution is 0.0992. The maximum absolute atomic E-state index is 12.4. The van der Waals surface area contributed by atoms with Crippen LogP contribution in [0.5, 0.6) is 5.75 Å². The summed E-state index contributed by atoms with van der Waals surface area (Å²) in [4.78, 5) is 20.0. The molecule has 0 bridgehead atoms. The highest BCUT2D eigenvalue weighted by atomic mass is 35.5. The largest absolute Gasteiger partial charge is 0.496 e. The minimum absolute atomic E-state index is 0.0586. The molecule has 2 aromatic rings. The molecular weight excluding hydrogens is 311 g/mol. The van der Waals surface area contributed by atoms with Crippen molar-refractivity contribution in [3.05, 3.63) is 51.0 Å². The van der Waals surface area contributed by atoms with Crippen LogP contribution < -0.4 is 4.74 Å². The van der Waals surface area contributed by atoms with E-state index in [1.54, 1.807) is 19.2 Å². The van der Waals surface area contributed by atoms with E-state index < -0.39 is 0 Å². The first-order valence-corrected chi connectivity index (χ1v) is 7.03. The SMILES string of the molecule is COc1c(C)cc(C(=O)Cc2cnc(Cl)nc2Cl)cc1C. The summed E-state index contributed by atoms with van der Waals surface area (Å²) in [5, 5.41) is 0.262. The van der Waals surface area contributed by atoms with Crippen molar-refractivity contribution >= 4 is 29.0 Å². The number of carbonyl (C=O) groups excluding carboxylic acids is 1. The van der Waals surface area contributed by atoms with Crippen molar-refractivity contribution in [2.45, 2.75) is 20.3 Å². The summed E-state index contributed by atoms with van der Waals surface area (Å²) in [5.74, 6) is 0.732. The molecular formula is C15H14Cl2N2O2. The second kappa shape index (κ2) is 6.41. The lowest BCUT2D eigenvalue weighted by Gasteiger charge is -2.11. The average Bonchev–Trinajstić information content (AvgIpc) is 2.41. The Morgan fingerprint density at radius 3 is 2.38 bits per heavy atom. The smallest absolute Gasteiger partial charge is 0.223 e. The average molecular weight is 325 g/mol. The van der Waals surface area contributed by atoms with E-state index in [0.29, 0.717) is 11.1 Å². The van der Waals surface area contributed by atoms with E-state index in [2.05, 4.69) is 9.97 Å². The second-order valence-corrected chi connectivity index (χ2v) is 5.39. The van der Waals surface area contributed by atoms with Crippen LogP contribution in [0.25, 0.3) is 0 Å². The van der Waals surface area contributed by atoms with E-state index in [4.69, 9.17) is 27.9 Å². The fourth-order valence-corrected chi connectivity index (χ4v) is 2.57. The normalized spacial score (nSPS) is 10.5. The molecule has 0 N–H and O–H groups in total. The Morgan fingerprint density at radius 1 is 1.24 bits per heavy atom. The number of aromatic nitrogens is 2. The van der Waals surface area contributed by atoms with E-state index >= 15 is 0 Å². The molecule has 0 fully saturated rings. The summed E-state index contributed by atoms with van der Waals surface area (Å²) in [6.07, 6.45) is 1.60. The molecule has 0 unspecified atom stereocenters. The Morgan fingerprint density at radius 2 is 1.86 bits per heavy atom. The molecule has 0 radical (unpaired) electrons. The lowest BCUT2D eigenvalue weighted by atomic mass is 9.99. The Bertz CT molecular complexity index is 679. The third-order valence-corrected chi connectivity index (χ3v) is 3.63. The van der Waals surface area contributed by atoms with Gasteiger partial charge in [-0.3, -0.25) is 4.79 Å². The maximum Gasteiger partial charge on any atom is 0.223 e. The Labute approximate surface area is 133 Å². The van der Waals surface area contributed by atoms with E-state index in [0.717, 1.165) is 16.9 Å². The first kappa shape index (κ1) is 15.7. The first-order valence-electron chi connectivity index (χ1n) is 6.27. The topological polar surface area (TPSA) is 52.1 Å². The van der Waals surface area contributed by atoms with Crippen LogP contribution >= 0.6 is 23.2 Å². The van der Waals surface area contributed by atoms with Crippen LogP contribution in [0.15, 0.2) is 18.3 Å². The lowest BCUT2D eigenvalue weighted by Crippen LogP contribution is -2.07. The molecule has 0 aliphatic carbocycles. The summed E-state index contributed by atoms with van der Waals surface area (Å²) in [7, 11) is 1.61.